The van der Waals surface area contributed by atoms with E-state index in [0.717, 1.165) is 0 Å². The first-order valence-corrected chi connectivity index (χ1v) is 6.82. The highest BCUT2D eigenvalue weighted by atomic mass is 32.2. The van der Waals surface area contributed by atoms with Gasteiger partial charge in [-0.25, -0.2) is 12.7 Å². The Balaban J connectivity index is 1.95. The van der Waals surface area contributed by atoms with Gasteiger partial charge in [-0.1, -0.05) is 0 Å². The Morgan fingerprint density at radius 1 is 1.27 bits per heavy atom. The predicted octanol–water partition coefficient (Wildman–Crippen LogP) is -0.581. The predicted molar refractivity (Wildman–Crippen MR) is 54.9 cm³/mol. The molecule has 1 N–H and O–H groups in total. The normalized spacial score (nSPS) is 26.5. The first-order valence-electron chi connectivity index (χ1n) is 5.32. The van der Waals surface area contributed by atoms with E-state index in [1.807, 2.05) is 0 Å². The summed E-state index contributed by atoms with van der Waals surface area (Å²) in [6.07, 6.45) is 1.20. The fourth-order valence-corrected chi connectivity index (χ4v) is 4.08. The number of ether oxygens (including phenoxy) is 1. The van der Waals surface area contributed by atoms with Crippen LogP contribution in [0.25, 0.3) is 0 Å². The van der Waals surface area contributed by atoms with Gasteiger partial charge < -0.3 is 9.84 Å². The maximum absolute atomic E-state index is 12.0. The lowest BCUT2D eigenvalue weighted by molar-refractivity contribution is 0.0904. The Hall–Kier alpha value is -0.170. The van der Waals surface area contributed by atoms with Crippen molar-refractivity contribution in [2.24, 2.45) is 5.92 Å². The molecular weight excluding hydrogens is 218 g/mol. The van der Waals surface area contributed by atoms with Crippen molar-refractivity contribution in [3.8, 4) is 0 Å². The molecule has 2 rings (SSSR count). The quantitative estimate of drug-likeness (QED) is 0.710. The van der Waals surface area contributed by atoms with Crippen LogP contribution in [-0.4, -0.2) is 56.0 Å². The minimum atomic E-state index is -3.13. The molecule has 0 spiro atoms. The van der Waals surface area contributed by atoms with Crippen LogP contribution in [0.5, 0.6) is 0 Å². The zero-order valence-electron chi connectivity index (χ0n) is 8.63. The van der Waals surface area contributed by atoms with E-state index in [1.54, 1.807) is 0 Å². The number of rotatable bonds is 3. The van der Waals surface area contributed by atoms with Crippen molar-refractivity contribution in [1.82, 2.24) is 4.31 Å². The van der Waals surface area contributed by atoms with Crippen LogP contribution in [-0.2, 0) is 14.8 Å². The third kappa shape index (κ3) is 2.18. The molecule has 6 heteroatoms. The number of sulfonamides is 1. The number of hydrogen-bond donors (Lipinski definition) is 1. The molecule has 2 fully saturated rings. The van der Waals surface area contributed by atoms with Gasteiger partial charge in [-0.15, -0.1) is 0 Å². The van der Waals surface area contributed by atoms with Gasteiger partial charge in [-0.3, -0.25) is 0 Å². The third-order valence-electron chi connectivity index (χ3n) is 3.13. The van der Waals surface area contributed by atoms with E-state index >= 15 is 0 Å². The topological polar surface area (TPSA) is 66.8 Å². The highest BCUT2D eigenvalue weighted by molar-refractivity contribution is 7.89. The summed E-state index contributed by atoms with van der Waals surface area (Å²) in [6.45, 7) is 2.13. The van der Waals surface area contributed by atoms with Crippen LogP contribution in [0.15, 0.2) is 0 Å². The largest absolute Gasteiger partial charge is 0.396 e. The minimum absolute atomic E-state index is 0.0831. The molecule has 0 aromatic carbocycles. The average molecular weight is 235 g/mol. The molecule has 15 heavy (non-hydrogen) atoms. The van der Waals surface area contributed by atoms with Gasteiger partial charge in [-0.2, -0.15) is 0 Å². The second-order valence-corrected chi connectivity index (χ2v) is 6.44. The Morgan fingerprint density at radius 3 is 2.40 bits per heavy atom. The molecule has 2 aliphatic rings. The molecule has 0 bridgehead atoms. The molecule has 0 aromatic heterocycles. The summed E-state index contributed by atoms with van der Waals surface area (Å²) >= 11 is 0. The highest BCUT2D eigenvalue weighted by Crippen LogP contribution is 2.26. The number of aliphatic hydroxyl groups excluding tert-OH is 1. The molecule has 0 aromatic rings. The van der Waals surface area contributed by atoms with E-state index < -0.39 is 10.0 Å². The molecule has 5 nitrogen and oxygen atoms in total. The van der Waals surface area contributed by atoms with Gasteiger partial charge in [0.15, 0.2) is 0 Å². The SMILES string of the molecule is O=S(=O)(C1CCOCC1)N1CC(CO)C1. The maximum Gasteiger partial charge on any atom is 0.217 e. The fourth-order valence-electron chi connectivity index (χ4n) is 2.03. The lowest BCUT2D eigenvalue weighted by atomic mass is 10.1. The summed E-state index contributed by atoms with van der Waals surface area (Å²) in [5.41, 5.74) is 0. The molecule has 0 saturated carbocycles. The molecule has 2 aliphatic heterocycles. The van der Waals surface area contributed by atoms with Gasteiger partial charge in [0.1, 0.15) is 0 Å². The van der Waals surface area contributed by atoms with Crippen molar-refractivity contribution in [2.45, 2.75) is 18.1 Å². The zero-order chi connectivity index (χ0) is 10.9. The van der Waals surface area contributed by atoms with E-state index in [-0.39, 0.29) is 17.8 Å². The van der Waals surface area contributed by atoms with Crippen LogP contribution >= 0.6 is 0 Å². The summed E-state index contributed by atoms with van der Waals surface area (Å²) < 4.78 is 30.7. The van der Waals surface area contributed by atoms with Gasteiger partial charge in [0, 0.05) is 38.8 Å². The molecule has 0 radical (unpaired) electrons. The molecule has 2 heterocycles. The standard InChI is InChI=1S/C9H17NO4S/c11-7-8-5-10(6-8)15(12,13)9-1-3-14-4-2-9/h8-9,11H,1-7H2. The van der Waals surface area contributed by atoms with E-state index in [0.29, 0.717) is 39.1 Å². The monoisotopic (exact) mass is 235 g/mol. The van der Waals surface area contributed by atoms with Gasteiger partial charge in [0.25, 0.3) is 0 Å². The maximum atomic E-state index is 12.0. The number of hydrogen-bond acceptors (Lipinski definition) is 4. The van der Waals surface area contributed by atoms with Crippen molar-refractivity contribution in [3.05, 3.63) is 0 Å². The van der Waals surface area contributed by atoms with E-state index in [1.165, 1.54) is 4.31 Å². The third-order valence-corrected chi connectivity index (χ3v) is 5.46. The summed E-state index contributed by atoms with van der Waals surface area (Å²) in [5.74, 6) is 0.139. The molecule has 0 unspecified atom stereocenters. The van der Waals surface area contributed by atoms with Gasteiger partial charge >= 0.3 is 0 Å². The van der Waals surface area contributed by atoms with Crippen molar-refractivity contribution in [3.63, 3.8) is 0 Å². The van der Waals surface area contributed by atoms with Crippen LogP contribution in [0.4, 0.5) is 0 Å². The first kappa shape index (κ1) is 11.3. The molecule has 0 amide bonds. The van der Waals surface area contributed by atoms with Crippen molar-refractivity contribution in [2.75, 3.05) is 32.9 Å². The summed E-state index contributed by atoms with van der Waals surface area (Å²) in [6, 6.07) is 0. The molecule has 88 valence electrons. The van der Waals surface area contributed by atoms with Gasteiger partial charge in [-0.05, 0) is 12.8 Å². The number of aliphatic hydroxyl groups is 1. The number of nitrogens with zero attached hydrogens (tertiary/aromatic N) is 1. The summed E-state index contributed by atoms with van der Waals surface area (Å²) in [7, 11) is -3.13. The molecule has 0 atom stereocenters. The van der Waals surface area contributed by atoms with E-state index in [9.17, 15) is 8.42 Å². The van der Waals surface area contributed by atoms with Crippen LogP contribution in [0.1, 0.15) is 12.8 Å². The van der Waals surface area contributed by atoms with E-state index in [4.69, 9.17) is 9.84 Å². The van der Waals surface area contributed by atoms with Crippen LogP contribution in [0.3, 0.4) is 0 Å². The smallest absolute Gasteiger partial charge is 0.217 e. The molecule has 0 aliphatic carbocycles. The Morgan fingerprint density at radius 2 is 1.87 bits per heavy atom. The molecular formula is C9H17NO4S. The fraction of sp³-hybridized carbons (Fsp3) is 1.00. The second kappa shape index (κ2) is 4.37. The molecule has 2 saturated heterocycles. The second-order valence-electron chi connectivity index (χ2n) is 4.22. The first-order chi connectivity index (χ1) is 7.14. The summed E-state index contributed by atoms with van der Waals surface area (Å²) in [4.78, 5) is 0. The highest BCUT2D eigenvalue weighted by Gasteiger charge is 2.40. The van der Waals surface area contributed by atoms with E-state index in [2.05, 4.69) is 0 Å². The van der Waals surface area contributed by atoms with Crippen molar-refractivity contribution in [1.29, 1.82) is 0 Å². The van der Waals surface area contributed by atoms with Gasteiger partial charge in [0.2, 0.25) is 10.0 Å². The average Bonchev–Trinajstić information content (AvgIpc) is 2.17. The van der Waals surface area contributed by atoms with Gasteiger partial charge in [0.05, 0.1) is 5.25 Å². The Kier molecular flexibility index (Phi) is 3.30. The van der Waals surface area contributed by atoms with Crippen LogP contribution in [0.2, 0.25) is 0 Å². The lowest BCUT2D eigenvalue weighted by Gasteiger charge is -2.39. The zero-order valence-corrected chi connectivity index (χ0v) is 9.45. The Labute approximate surface area is 90.1 Å². The Bertz CT molecular complexity index is 304. The minimum Gasteiger partial charge on any atom is -0.396 e. The van der Waals surface area contributed by atoms with Crippen LogP contribution in [0, 0.1) is 5.92 Å². The van der Waals surface area contributed by atoms with Crippen molar-refractivity contribution < 1.29 is 18.3 Å². The lowest BCUT2D eigenvalue weighted by Crippen LogP contribution is -2.54. The summed E-state index contributed by atoms with van der Waals surface area (Å²) in [5, 5.41) is 8.57. The van der Waals surface area contributed by atoms with Crippen LogP contribution < -0.4 is 0 Å². The van der Waals surface area contributed by atoms with Crippen molar-refractivity contribution >= 4 is 10.0 Å².